The topological polar surface area (TPSA) is 71.1 Å². The fourth-order valence-electron chi connectivity index (χ4n) is 1.27. The van der Waals surface area contributed by atoms with Gasteiger partial charge in [0.1, 0.15) is 0 Å². The highest BCUT2D eigenvalue weighted by molar-refractivity contribution is 7.89. The van der Waals surface area contributed by atoms with E-state index in [1.807, 2.05) is 0 Å². The number of nitrogens with zero attached hydrogens (tertiary/aromatic N) is 1. The van der Waals surface area contributed by atoms with Crippen LogP contribution in [0.4, 0.5) is 23.2 Å². The van der Waals surface area contributed by atoms with Gasteiger partial charge in [-0.2, -0.15) is 8.78 Å². The third-order valence-electron chi connectivity index (χ3n) is 2.21. The zero-order valence-electron chi connectivity index (χ0n) is 10.4. The molecule has 10 heteroatoms. The first-order valence-corrected chi connectivity index (χ1v) is 7.03. The van der Waals surface area contributed by atoms with E-state index in [0.717, 1.165) is 6.20 Å². The maximum Gasteiger partial charge on any atom is 0.320 e. The summed E-state index contributed by atoms with van der Waals surface area (Å²) in [5, 5.41) is 2.16. The lowest BCUT2D eigenvalue weighted by atomic mass is 10.4. The largest absolute Gasteiger partial charge is 0.383 e. The number of anilines is 1. The number of pyridine rings is 1. The van der Waals surface area contributed by atoms with Crippen molar-refractivity contribution in [2.45, 2.75) is 24.3 Å². The first-order valence-electron chi connectivity index (χ1n) is 5.55. The standard InChI is InChI=1S/C10H13F4N3O2S/c1-2-15-7-4-3-5-16-8(7)20(18,19)17-6-10(13,14)9(11)12/h3-5,9,15,17H,2,6H2,1H3. The van der Waals surface area contributed by atoms with Crippen LogP contribution in [0.1, 0.15) is 6.92 Å². The number of halogens is 4. The molecule has 5 nitrogen and oxygen atoms in total. The summed E-state index contributed by atoms with van der Waals surface area (Å²) in [7, 11) is -4.42. The van der Waals surface area contributed by atoms with Crippen molar-refractivity contribution in [2.24, 2.45) is 0 Å². The minimum Gasteiger partial charge on any atom is -0.383 e. The van der Waals surface area contributed by atoms with Crippen LogP contribution >= 0.6 is 0 Å². The second kappa shape index (κ2) is 6.35. The quantitative estimate of drug-likeness (QED) is 0.751. The molecule has 0 fully saturated rings. The Morgan fingerprint density at radius 3 is 2.60 bits per heavy atom. The van der Waals surface area contributed by atoms with Gasteiger partial charge in [-0.3, -0.25) is 0 Å². The van der Waals surface area contributed by atoms with E-state index in [4.69, 9.17) is 0 Å². The van der Waals surface area contributed by atoms with Gasteiger partial charge in [0.2, 0.25) is 0 Å². The molecule has 0 atom stereocenters. The summed E-state index contributed by atoms with van der Waals surface area (Å²) in [4.78, 5) is 3.57. The van der Waals surface area contributed by atoms with Crippen molar-refractivity contribution in [2.75, 3.05) is 18.4 Å². The molecule has 0 aromatic carbocycles. The first kappa shape index (κ1) is 16.6. The lowest BCUT2D eigenvalue weighted by molar-refractivity contribution is -0.122. The van der Waals surface area contributed by atoms with Gasteiger partial charge < -0.3 is 5.32 Å². The van der Waals surface area contributed by atoms with Gasteiger partial charge in [0.25, 0.3) is 10.0 Å². The van der Waals surface area contributed by atoms with Crippen molar-refractivity contribution in [1.29, 1.82) is 0 Å². The van der Waals surface area contributed by atoms with Crippen LogP contribution in [0.15, 0.2) is 23.4 Å². The number of hydrogen-bond acceptors (Lipinski definition) is 4. The van der Waals surface area contributed by atoms with Crippen molar-refractivity contribution >= 4 is 15.7 Å². The maximum atomic E-state index is 12.7. The number of hydrogen-bond donors (Lipinski definition) is 2. The molecule has 0 bridgehead atoms. The van der Waals surface area contributed by atoms with Crippen molar-refractivity contribution in [3.8, 4) is 0 Å². The van der Waals surface area contributed by atoms with Gasteiger partial charge in [0.15, 0.2) is 5.03 Å². The molecule has 0 aliphatic rings. The summed E-state index contributed by atoms with van der Waals surface area (Å²) in [6.07, 6.45) is -2.80. The summed E-state index contributed by atoms with van der Waals surface area (Å²) in [5.74, 6) is -4.44. The van der Waals surface area contributed by atoms with Gasteiger partial charge in [-0.15, -0.1) is 0 Å². The summed E-state index contributed by atoms with van der Waals surface area (Å²) in [6, 6.07) is 2.83. The number of rotatable bonds is 7. The van der Waals surface area contributed by atoms with Gasteiger partial charge >= 0.3 is 12.3 Å². The molecular formula is C10H13F4N3O2S. The molecule has 20 heavy (non-hydrogen) atoms. The highest BCUT2D eigenvalue weighted by atomic mass is 32.2. The predicted octanol–water partition coefficient (Wildman–Crippen LogP) is 1.69. The minimum absolute atomic E-state index is 0.0999. The lowest BCUT2D eigenvalue weighted by Gasteiger charge is -2.16. The molecule has 1 aromatic rings. The Hall–Kier alpha value is -1.42. The van der Waals surface area contributed by atoms with E-state index in [-0.39, 0.29) is 5.69 Å². The number of nitrogens with one attached hydrogen (secondary N) is 2. The Bertz CT molecular complexity index is 551. The van der Waals surface area contributed by atoms with E-state index in [1.165, 1.54) is 16.9 Å². The van der Waals surface area contributed by atoms with E-state index < -0.39 is 33.9 Å². The van der Waals surface area contributed by atoms with Crippen LogP contribution in [0.5, 0.6) is 0 Å². The summed E-state index contributed by atoms with van der Waals surface area (Å²) < 4.78 is 74.5. The fraction of sp³-hybridized carbons (Fsp3) is 0.500. The van der Waals surface area contributed by atoms with Gasteiger partial charge in [-0.1, -0.05) is 0 Å². The van der Waals surface area contributed by atoms with E-state index in [9.17, 15) is 26.0 Å². The second-order valence-electron chi connectivity index (χ2n) is 3.77. The molecule has 0 spiro atoms. The number of alkyl halides is 4. The molecule has 0 aliphatic heterocycles. The van der Waals surface area contributed by atoms with Crippen molar-refractivity contribution in [1.82, 2.24) is 9.71 Å². The van der Waals surface area contributed by atoms with Crippen LogP contribution in [0, 0.1) is 0 Å². The van der Waals surface area contributed by atoms with Crippen LogP contribution in [-0.4, -0.2) is 38.8 Å². The van der Waals surface area contributed by atoms with Gasteiger partial charge in [-0.05, 0) is 19.1 Å². The Balaban J connectivity index is 2.95. The van der Waals surface area contributed by atoms with E-state index in [2.05, 4.69) is 10.3 Å². The summed E-state index contributed by atoms with van der Waals surface area (Å²) in [5.41, 5.74) is 0.0999. The Labute approximate surface area is 113 Å². The van der Waals surface area contributed by atoms with Crippen molar-refractivity contribution in [3.05, 3.63) is 18.3 Å². The average molecular weight is 315 g/mol. The van der Waals surface area contributed by atoms with E-state index in [1.54, 1.807) is 6.92 Å². The molecule has 1 aromatic heterocycles. The van der Waals surface area contributed by atoms with Crippen LogP contribution in [0.2, 0.25) is 0 Å². The molecule has 0 unspecified atom stereocenters. The third-order valence-corrected chi connectivity index (χ3v) is 3.57. The van der Waals surface area contributed by atoms with Gasteiger partial charge in [0.05, 0.1) is 12.2 Å². The molecular weight excluding hydrogens is 302 g/mol. The Morgan fingerprint density at radius 1 is 1.40 bits per heavy atom. The summed E-state index contributed by atoms with van der Waals surface area (Å²) >= 11 is 0. The van der Waals surface area contributed by atoms with Crippen LogP contribution in [0.25, 0.3) is 0 Å². The maximum absolute atomic E-state index is 12.7. The summed E-state index contributed by atoms with van der Waals surface area (Å²) in [6.45, 7) is 0.373. The minimum atomic E-state index is -4.44. The smallest absolute Gasteiger partial charge is 0.320 e. The zero-order chi connectivity index (χ0) is 15.4. The average Bonchev–Trinajstić information content (AvgIpc) is 2.37. The third kappa shape index (κ3) is 4.04. The monoisotopic (exact) mass is 315 g/mol. The highest BCUT2D eigenvalue weighted by Gasteiger charge is 2.41. The molecule has 1 rings (SSSR count). The molecule has 1 heterocycles. The van der Waals surface area contributed by atoms with Crippen LogP contribution in [0.3, 0.4) is 0 Å². The Morgan fingerprint density at radius 2 is 2.05 bits per heavy atom. The van der Waals surface area contributed by atoms with E-state index >= 15 is 0 Å². The molecule has 0 radical (unpaired) electrons. The molecule has 0 aliphatic carbocycles. The first-order chi connectivity index (χ1) is 9.20. The molecule has 0 saturated carbocycles. The van der Waals surface area contributed by atoms with Crippen LogP contribution in [-0.2, 0) is 10.0 Å². The van der Waals surface area contributed by atoms with E-state index in [0.29, 0.717) is 6.54 Å². The Kier molecular flexibility index (Phi) is 5.28. The van der Waals surface area contributed by atoms with Crippen LogP contribution < -0.4 is 10.0 Å². The highest BCUT2D eigenvalue weighted by Crippen LogP contribution is 2.23. The SMILES string of the molecule is CCNc1cccnc1S(=O)(=O)NCC(F)(F)C(F)F. The normalized spacial score (nSPS) is 12.7. The molecule has 2 N–H and O–H groups in total. The predicted molar refractivity (Wildman–Crippen MR) is 64.5 cm³/mol. The molecule has 0 amide bonds. The lowest BCUT2D eigenvalue weighted by Crippen LogP contribution is -2.41. The zero-order valence-corrected chi connectivity index (χ0v) is 11.2. The second-order valence-corrected chi connectivity index (χ2v) is 5.45. The van der Waals surface area contributed by atoms with Gasteiger partial charge in [-0.25, -0.2) is 26.9 Å². The van der Waals surface area contributed by atoms with Crippen molar-refractivity contribution < 1.29 is 26.0 Å². The molecule has 114 valence electrons. The molecule has 0 saturated heterocycles. The van der Waals surface area contributed by atoms with Gasteiger partial charge in [0, 0.05) is 12.7 Å². The van der Waals surface area contributed by atoms with Crippen molar-refractivity contribution in [3.63, 3.8) is 0 Å². The number of sulfonamides is 1. The fourth-order valence-corrected chi connectivity index (χ4v) is 2.42. The number of aromatic nitrogens is 1.